The molecule has 7 heteroatoms. The number of carboxylic acids is 1. The summed E-state index contributed by atoms with van der Waals surface area (Å²) in [5.74, 6) is 0.0664. The number of thiophene rings is 1. The number of aliphatic carboxylic acids is 1. The van der Waals surface area contributed by atoms with Crippen LogP contribution in [0, 0.1) is 5.92 Å². The van der Waals surface area contributed by atoms with Gasteiger partial charge in [-0.2, -0.15) is 0 Å². The van der Waals surface area contributed by atoms with E-state index in [-0.39, 0.29) is 11.4 Å². The molecule has 2 unspecified atom stereocenters. The fourth-order valence-electron chi connectivity index (χ4n) is 2.61. The maximum Gasteiger partial charge on any atom is 0.327 e. The fraction of sp³-hybridized carbons (Fsp3) is 0.571. The average molecular weight is 326 g/mol. The Hall–Kier alpha value is -1.21. The molecular formula is C14H18N2O3S2. The van der Waals surface area contributed by atoms with E-state index in [1.165, 1.54) is 0 Å². The van der Waals surface area contributed by atoms with Crippen LogP contribution in [-0.4, -0.2) is 51.1 Å². The minimum Gasteiger partial charge on any atom is -0.480 e. The predicted octanol–water partition coefficient (Wildman–Crippen LogP) is 2.54. The zero-order valence-electron chi connectivity index (χ0n) is 11.8. The summed E-state index contributed by atoms with van der Waals surface area (Å²) in [6.45, 7) is 0.529. The van der Waals surface area contributed by atoms with Crippen molar-refractivity contribution in [3.05, 3.63) is 22.4 Å². The van der Waals surface area contributed by atoms with Crippen LogP contribution in [0.25, 0.3) is 0 Å². The Morgan fingerprint density at radius 2 is 2.24 bits per heavy atom. The minimum atomic E-state index is -0.900. The Morgan fingerprint density at radius 3 is 2.81 bits per heavy atom. The van der Waals surface area contributed by atoms with Crippen LogP contribution in [0.4, 0.5) is 4.79 Å². The van der Waals surface area contributed by atoms with E-state index < -0.39 is 12.0 Å². The van der Waals surface area contributed by atoms with Gasteiger partial charge in [-0.25, -0.2) is 9.59 Å². The normalized spacial score (nSPS) is 25.1. The summed E-state index contributed by atoms with van der Waals surface area (Å²) in [6, 6.07) is 3.08. The van der Waals surface area contributed by atoms with Crippen LogP contribution in [0.5, 0.6) is 0 Å². The van der Waals surface area contributed by atoms with Gasteiger partial charge in [0.2, 0.25) is 0 Å². The summed E-state index contributed by atoms with van der Waals surface area (Å²) >= 11 is 3.22. The van der Waals surface area contributed by atoms with Crippen molar-refractivity contribution in [2.75, 3.05) is 12.8 Å². The molecule has 2 amide bonds. The van der Waals surface area contributed by atoms with E-state index in [1.807, 2.05) is 17.5 Å². The summed E-state index contributed by atoms with van der Waals surface area (Å²) in [5.41, 5.74) is 0. The monoisotopic (exact) mass is 326 g/mol. The molecule has 21 heavy (non-hydrogen) atoms. The number of rotatable bonds is 4. The number of carbonyl (C=O) groups is 2. The Bertz CT molecular complexity index is 530. The number of amides is 2. The molecule has 0 bridgehead atoms. The third-order valence-corrected chi connectivity index (χ3v) is 6.19. The molecule has 1 saturated carbocycles. The molecule has 1 aromatic rings. The summed E-state index contributed by atoms with van der Waals surface area (Å²) in [7, 11) is 1.74. The molecule has 0 aromatic carbocycles. The molecule has 1 saturated heterocycles. The van der Waals surface area contributed by atoms with Crippen molar-refractivity contribution in [3.8, 4) is 0 Å². The smallest absolute Gasteiger partial charge is 0.327 e. The fourth-order valence-corrected chi connectivity index (χ4v) is 4.99. The SMILES string of the molecule is CN(Cc1cccs1)C(=O)N1C(C(=O)O)CSC1C1CC1. The number of urea groups is 1. The van der Waals surface area contributed by atoms with Gasteiger partial charge in [0.1, 0.15) is 6.04 Å². The van der Waals surface area contributed by atoms with Gasteiger partial charge < -0.3 is 10.0 Å². The Kier molecular flexibility index (Phi) is 4.12. The van der Waals surface area contributed by atoms with Crippen LogP contribution in [0.1, 0.15) is 17.7 Å². The van der Waals surface area contributed by atoms with Crippen molar-refractivity contribution in [3.63, 3.8) is 0 Å². The molecule has 0 radical (unpaired) electrons. The lowest BCUT2D eigenvalue weighted by Gasteiger charge is -2.31. The molecular weight excluding hydrogens is 308 g/mol. The van der Waals surface area contributed by atoms with Gasteiger partial charge in [-0.3, -0.25) is 4.90 Å². The molecule has 1 aromatic heterocycles. The molecule has 2 aliphatic rings. The van der Waals surface area contributed by atoms with Gasteiger partial charge in [-0.1, -0.05) is 6.07 Å². The van der Waals surface area contributed by atoms with E-state index in [0.717, 1.165) is 17.7 Å². The van der Waals surface area contributed by atoms with Crippen LogP contribution in [-0.2, 0) is 11.3 Å². The molecule has 0 spiro atoms. The third-order valence-electron chi connectivity index (χ3n) is 3.87. The first-order chi connectivity index (χ1) is 10.1. The van der Waals surface area contributed by atoms with Gasteiger partial charge in [-0.15, -0.1) is 23.1 Å². The number of hydrogen-bond acceptors (Lipinski definition) is 4. The standard InChI is InChI=1S/C14H18N2O3S2/c1-15(7-10-3-2-6-20-10)14(19)16-11(13(17)18)8-21-12(16)9-4-5-9/h2-3,6,9,11-12H,4-5,7-8H2,1H3,(H,17,18). The molecule has 2 fully saturated rings. The lowest BCUT2D eigenvalue weighted by Crippen LogP contribution is -2.50. The molecule has 2 atom stereocenters. The molecule has 5 nitrogen and oxygen atoms in total. The lowest BCUT2D eigenvalue weighted by molar-refractivity contribution is -0.141. The van der Waals surface area contributed by atoms with Crippen LogP contribution in [0.3, 0.4) is 0 Å². The quantitative estimate of drug-likeness (QED) is 0.924. The summed E-state index contributed by atoms with van der Waals surface area (Å²) in [4.78, 5) is 28.5. The summed E-state index contributed by atoms with van der Waals surface area (Å²) in [6.07, 6.45) is 2.20. The summed E-state index contributed by atoms with van der Waals surface area (Å²) in [5, 5.41) is 11.4. The Labute approximate surface area is 131 Å². The Balaban J connectivity index is 1.74. The highest BCUT2D eigenvalue weighted by Gasteiger charge is 2.48. The number of carboxylic acid groups (broad SMARTS) is 1. The van der Waals surface area contributed by atoms with E-state index in [1.54, 1.807) is 39.9 Å². The van der Waals surface area contributed by atoms with E-state index in [9.17, 15) is 14.7 Å². The molecule has 1 N–H and O–H groups in total. The van der Waals surface area contributed by atoms with Crippen molar-refractivity contribution in [1.82, 2.24) is 9.80 Å². The first-order valence-electron chi connectivity index (χ1n) is 6.98. The highest BCUT2D eigenvalue weighted by atomic mass is 32.2. The minimum absolute atomic E-state index is 0.0318. The summed E-state index contributed by atoms with van der Waals surface area (Å²) < 4.78 is 0. The predicted molar refractivity (Wildman–Crippen MR) is 83.4 cm³/mol. The largest absolute Gasteiger partial charge is 0.480 e. The van der Waals surface area contributed by atoms with E-state index >= 15 is 0 Å². The Morgan fingerprint density at radius 1 is 1.48 bits per heavy atom. The number of thioether (sulfide) groups is 1. The lowest BCUT2D eigenvalue weighted by atomic mass is 10.2. The maximum absolute atomic E-state index is 12.7. The van der Waals surface area contributed by atoms with Crippen LogP contribution in [0.2, 0.25) is 0 Å². The first kappa shape index (κ1) is 14.7. The number of hydrogen-bond donors (Lipinski definition) is 1. The van der Waals surface area contributed by atoms with Crippen LogP contribution < -0.4 is 0 Å². The van der Waals surface area contributed by atoms with E-state index in [0.29, 0.717) is 18.2 Å². The highest BCUT2D eigenvalue weighted by molar-refractivity contribution is 8.00. The van der Waals surface area contributed by atoms with E-state index in [2.05, 4.69) is 0 Å². The van der Waals surface area contributed by atoms with Crippen molar-refractivity contribution >= 4 is 35.1 Å². The molecule has 1 aliphatic carbocycles. The maximum atomic E-state index is 12.7. The zero-order chi connectivity index (χ0) is 15.0. The van der Waals surface area contributed by atoms with E-state index in [4.69, 9.17) is 0 Å². The van der Waals surface area contributed by atoms with Crippen molar-refractivity contribution in [2.45, 2.75) is 30.8 Å². The molecule has 2 heterocycles. The van der Waals surface area contributed by atoms with Gasteiger partial charge in [0.15, 0.2) is 0 Å². The number of carbonyl (C=O) groups excluding carboxylic acids is 1. The zero-order valence-corrected chi connectivity index (χ0v) is 13.4. The molecule has 3 rings (SSSR count). The van der Waals surface area contributed by atoms with Crippen LogP contribution >= 0.6 is 23.1 Å². The van der Waals surface area contributed by atoms with Gasteiger partial charge in [0.25, 0.3) is 0 Å². The van der Waals surface area contributed by atoms with Crippen molar-refractivity contribution in [1.29, 1.82) is 0 Å². The van der Waals surface area contributed by atoms with Gasteiger partial charge in [0, 0.05) is 17.7 Å². The molecule has 1 aliphatic heterocycles. The number of nitrogens with zero attached hydrogens (tertiary/aromatic N) is 2. The topological polar surface area (TPSA) is 60.9 Å². The van der Waals surface area contributed by atoms with Gasteiger partial charge >= 0.3 is 12.0 Å². The third kappa shape index (κ3) is 3.03. The van der Waals surface area contributed by atoms with Crippen molar-refractivity contribution in [2.24, 2.45) is 5.92 Å². The van der Waals surface area contributed by atoms with Crippen LogP contribution in [0.15, 0.2) is 17.5 Å². The highest BCUT2D eigenvalue weighted by Crippen LogP contribution is 2.45. The second-order valence-corrected chi connectivity index (χ2v) is 7.72. The first-order valence-corrected chi connectivity index (χ1v) is 8.91. The van der Waals surface area contributed by atoms with Crippen molar-refractivity contribution < 1.29 is 14.7 Å². The van der Waals surface area contributed by atoms with Gasteiger partial charge in [0.05, 0.1) is 11.9 Å². The second kappa shape index (κ2) is 5.88. The molecule has 114 valence electrons. The second-order valence-electron chi connectivity index (χ2n) is 5.54. The van der Waals surface area contributed by atoms with Gasteiger partial charge in [-0.05, 0) is 30.2 Å². The average Bonchev–Trinajstić information content (AvgIpc) is 3.00.